The van der Waals surface area contributed by atoms with Crippen molar-refractivity contribution < 1.29 is 20.1 Å². The average Bonchev–Trinajstić information content (AvgIpc) is 2.63. The third-order valence-corrected chi connectivity index (χ3v) is 7.02. The molecule has 1 saturated carbocycles. The van der Waals surface area contributed by atoms with Crippen LogP contribution in [0.5, 0.6) is 5.75 Å². The Labute approximate surface area is 179 Å². The molecular weight excluding hydrogens is 390 g/mol. The monoisotopic (exact) mass is 425 g/mol. The first kappa shape index (κ1) is 22.8. The van der Waals surface area contributed by atoms with E-state index in [1.54, 1.807) is 24.3 Å². The van der Waals surface area contributed by atoms with Gasteiger partial charge < -0.3 is 20.1 Å². The van der Waals surface area contributed by atoms with E-state index in [1.807, 2.05) is 0 Å². The molecule has 2 aliphatic rings. The van der Waals surface area contributed by atoms with Gasteiger partial charge in [0.2, 0.25) is 0 Å². The molecule has 2 atom stereocenters. The van der Waals surface area contributed by atoms with Crippen LogP contribution in [0.2, 0.25) is 5.02 Å². The van der Waals surface area contributed by atoms with E-state index in [-0.39, 0.29) is 18.6 Å². The molecule has 0 unspecified atom stereocenters. The Kier molecular flexibility index (Phi) is 6.86. The maximum absolute atomic E-state index is 11.1. The second-order valence-electron chi connectivity index (χ2n) is 10.2. The van der Waals surface area contributed by atoms with Crippen LogP contribution in [0.15, 0.2) is 24.3 Å². The summed E-state index contributed by atoms with van der Waals surface area (Å²) < 4.78 is 5.73. The van der Waals surface area contributed by atoms with Gasteiger partial charge in [-0.05, 0) is 61.6 Å². The number of hydrogen-bond acceptors (Lipinski definition) is 5. The van der Waals surface area contributed by atoms with Crippen LogP contribution in [0, 0.1) is 11.3 Å². The van der Waals surface area contributed by atoms with Crippen LogP contribution in [-0.4, -0.2) is 63.8 Å². The van der Waals surface area contributed by atoms with Crippen LogP contribution in [0.25, 0.3) is 0 Å². The SMILES string of the molecule is CC(C)(C)C1CCC(O)(CN2CC[C@H](O)[C@@](O)(COc3cccc(Cl)c3)C2)CC1. The minimum Gasteiger partial charge on any atom is -0.490 e. The Hall–Kier alpha value is -0.850. The minimum atomic E-state index is -1.38. The van der Waals surface area contributed by atoms with Gasteiger partial charge in [-0.2, -0.15) is 0 Å². The molecule has 2 fully saturated rings. The number of nitrogens with zero attached hydrogens (tertiary/aromatic N) is 1. The molecule has 3 rings (SSSR count). The Balaban J connectivity index is 1.57. The van der Waals surface area contributed by atoms with E-state index in [9.17, 15) is 15.3 Å². The van der Waals surface area contributed by atoms with Crippen molar-refractivity contribution in [3.8, 4) is 5.75 Å². The highest BCUT2D eigenvalue weighted by atomic mass is 35.5. The molecule has 3 N–H and O–H groups in total. The molecule has 0 amide bonds. The number of rotatable bonds is 5. The van der Waals surface area contributed by atoms with Crippen molar-refractivity contribution in [1.29, 1.82) is 0 Å². The van der Waals surface area contributed by atoms with Crippen molar-refractivity contribution in [1.82, 2.24) is 4.90 Å². The summed E-state index contributed by atoms with van der Waals surface area (Å²) in [5.74, 6) is 1.20. The summed E-state index contributed by atoms with van der Waals surface area (Å²) in [7, 11) is 0. The summed E-state index contributed by atoms with van der Waals surface area (Å²) in [5, 5.41) is 33.2. The van der Waals surface area contributed by atoms with Gasteiger partial charge >= 0.3 is 0 Å². The predicted molar refractivity (Wildman–Crippen MR) is 115 cm³/mol. The first-order chi connectivity index (χ1) is 13.5. The van der Waals surface area contributed by atoms with Crippen LogP contribution in [-0.2, 0) is 0 Å². The fourth-order valence-electron chi connectivity index (χ4n) is 4.78. The summed E-state index contributed by atoms with van der Waals surface area (Å²) in [6.07, 6.45) is 3.22. The third kappa shape index (κ3) is 5.86. The van der Waals surface area contributed by atoms with E-state index in [0.717, 1.165) is 25.7 Å². The van der Waals surface area contributed by atoms with E-state index in [1.165, 1.54) is 0 Å². The molecular formula is C23H36ClNO4. The minimum absolute atomic E-state index is 0.0183. The number of aliphatic hydroxyl groups excluding tert-OH is 1. The van der Waals surface area contributed by atoms with Crippen molar-refractivity contribution in [2.75, 3.05) is 26.2 Å². The zero-order valence-corrected chi connectivity index (χ0v) is 18.7. The second kappa shape index (κ2) is 8.72. The van der Waals surface area contributed by atoms with Crippen molar-refractivity contribution in [3.63, 3.8) is 0 Å². The lowest BCUT2D eigenvalue weighted by atomic mass is 9.68. The number of ether oxygens (including phenoxy) is 1. The van der Waals surface area contributed by atoms with Crippen LogP contribution in [0.4, 0.5) is 0 Å². The second-order valence-corrected chi connectivity index (χ2v) is 10.7. The Morgan fingerprint density at radius 2 is 1.86 bits per heavy atom. The van der Waals surface area contributed by atoms with Crippen molar-refractivity contribution in [2.24, 2.45) is 11.3 Å². The van der Waals surface area contributed by atoms with Gasteiger partial charge in [-0.1, -0.05) is 38.4 Å². The smallest absolute Gasteiger partial charge is 0.137 e. The summed E-state index contributed by atoms with van der Waals surface area (Å²) in [6, 6.07) is 7.01. The molecule has 1 aliphatic heterocycles. The lowest BCUT2D eigenvalue weighted by molar-refractivity contribution is -0.151. The molecule has 1 aliphatic carbocycles. The van der Waals surface area contributed by atoms with E-state index < -0.39 is 17.3 Å². The molecule has 0 radical (unpaired) electrons. The molecule has 1 heterocycles. The molecule has 29 heavy (non-hydrogen) atoms. The third-order valence-electron chi connectivity index (χ3n) is 6.78. The molecule has 0 spiro atoms. The highest BCUT2D eigenvalue weighted by Gasteiger charge is 2.45. The van der Waals surface area contributed by atoms with Crippen LogP contribution in [0.1, 0.15) is 52.9 Å². The fourth-order valence-corrected chi connectivity index (χ4v) is 4.96. The first-order valence-electron chi connectivity index (χ1n) is 10.7. The summed E-state index contributed by atoms with van der Waals surface area (Å²) in [6.45, 7) is 8.26. The van der Waals surface area contributed by atoms with Gasteiger partial charge in [-0.15, -0.1) is 0 Å². The predicted octanol–water partition coefficient (Wildman–Crippen LogP) is 3.48. The lowest BCUT2D eigenvalue weighted by Crippen LogP contribution is -2.62. The summed E-state index contributed by atoms with van der Waals surface area (Å²) >= 11 is 5.99. The maximum Gasteiger partial charge on any atom is 0.137 e. The quantitative estimate of drug-likeness (QED) is 0.673. The van der Waals surface area contributed by atoms with Gasteiger partial charge in [0.15, 0.2) is 0 Å². The van der Waals surface area contributed by atoms with E-state index >= 15 is 0 Å². The van der Waals surface area contributed by atoms with E-state index in [2.05, 4.69) is 25.7 Å². The lowest BCUT2D eigenvalue weighted by Gasteiger charge is -2.47. The Bertz CT molecular complexity index is 684. The molecule has 1 aromatic rings. The largest absolute Gasteiger partial charge is 0.490 e. The van der Waals surface area contributed by atoms with Gasteiger partial charge in [0, 0.05) is 24.7 Å². The summed E-state index contributed by atoms with van der Waals surface area (Å²) in [5.41, 5.74) is -1.83. The summed E-state index contributed by atoms with van der Waals surface area (Å²) in [4.78, 5) is 2.07. The number of hydrogen-bond donors (Lipinski definition) is 3. The number of halogens is 1. The van der Waals surface area contributed by atoms with Crippen LogP contribution >= 0.6 is 11.6 Å². The van der Waals surface area contributed by atoms with Crippen molar-refractivity contribution in [2.45, 2.75) is 70.2 Å². The van der Waals surface area contributed by atoms with Gasteiger partial charge in [0.1, 0.15) is 18.0 Å². The molecule has 1 aromatic carbocycles. The zero-order valence-electron chi connectivity index (χ0n) is 17.9. The molecule has 6 heteroatoms. The molecule has 1 saturated heterocycles. The van der Waals surface area contributed by atoms with Crippen molar-refractivity contribution >= 4 is 11.6 Å². The van der Waals surface area contributed by atoms with E-state index in [4.69, 9.17) is 16.3 Å². The number of likely N-dealkylation sites (tertiary alicyclic amines) is 1. The molecule has 0 aromatic heterocycles. The van der Waals surface area contributed by atoms with Gasteiger partial charge in [-0.3, -0.25) is 4.90 Å². The highest BCUT2D eigenvalue weighted by Crippen LogP contribution is 2.42. The molecule has 5 nitrogen and oxygen atoms in total. The zero-order chi connectivity index (χ0) is 21.3. The number of benzene rings is 1. The number of β-amino-alcohol motifs (C(OH)–C–C–N with tert-alkyl or cyclic N) is 2. The standard InChI is InChI=1S/C23H36ClNO4/c1-21(2,3)17-7-10-22(27,11-8-17)14-25-12-9-20(26)23(28,15-25)16-29-19-6-4-5-18(24)13-19/h4-6,13,17,20,26-28H,7-12,14-16H2,1-3H3/t17?,20-,22?,23-/m0/s1. The van der Waals surface area contributed by atoms with Crippen LogP contribution < -0.4 is 4.74 Å². The Morgan fingerprint density at radius 3 is 2.48 bits per heavy atom. The van der Waals surface area contributed by atoms with Gasteiger partial charge in [0.25, 0.3) is 0 Å². The number of aliphatic hydroxyl groups is 3. The number of piperidine rings is 1. The van der Waals surface area contributed by atoms with Crippen molar-refractivity contribution in [3.05, 3.63) is 29.3 Å². The fraction of sp³-hybridized carbons (Fsp3) is 0.739. The van der Waals surface area contributed by atoms with Gasteiger partial charge in [-0.25, -0.2) is 0 Å². The van der Waals surface area contributed by atoms with Gasteiger partial charge in [0.05, 0.1) is 11.7 Å². The molecule has 164 valence electrons. The first-order valence-corrected chi connectivity index (χ1v) is 11.1. The normalized spacial score (nSPS) is 34.2. The van der Waals surface area contributed by atoms with Crippen LogP contribution in [0.3, 0.4) is 0 Å². The molecule has 0 bridgehead atoms. The van der Waals surface area contributed by atoms with E-state index in [0.29, 0.717) is 36.2 Å². The maximum atomic E-state index is 11.1. The average molecular weight is 426 g/mol. The topological polar surface area (TPSA) is 73.2 Å². The highest BCUT2D eigenvalue weighted by molar-refractivity contribution is 6.30. The Morgan fingerprint density at radius 1 is 1.17 bits per heavy atom.